The molecule has 76 valence electrons. The monoisotopic (exact) mass is 204 g/mol. The third-order valence-corrected chi connectivity index (χ3v) is 1.65. The summed E-state index contributed by atoms with van der Waals surface area (Å²) >= 11 is 0. The molecule has 0 aromatic heterocycles. The Balaban J connectivity index is 3.44. The number of benzene rings is 1. The fourth-order valence-electron chi connectivity index (χ4n) is 1.08. The van der Waals surface area contributed by atoms with Gasteiger partial charge in [-0.25, -0.2) is 0 Å². The van der Waals surface area contributed by atoms with Crippen molar-refractivity contribution in [3.8, 4) is 0 Å². The van der Waals surface area contributed by atoms with E-state index in [1.54, 1.807) is 0 Å². The Bertz CT molecular complexity index is 373. The SMILES string of the molecule is NC(=O)c1c(N)cccc1C(F)(F)F. The zero-order valence-electron chi connectivity index (χ0n) is 6.93. The molecule has 1 rings (SSSR count). The van der Waals surface area contributed by atoms with Gasteiger partial charge in [0.15, 0.2) is 0 Å². The Hall–Kier alpha value is -1.72. The first-order valence-electron chi connectivity index (χ1n) is 3.59. The molecule has 0 saturated carbocycles. The molecule has 0 aliphatic heterocycles. The van der Waals surface area contributed by atoms with Crippen LogP contribution in [-0.4, -0.2) is 5.91 Å². The molecule has 0 saturated heterocycles. The Morgan fingerprint density at radius 3 is 2.21 bits per heavy atom. The van der Waals surface area contributed by atoms with Crippen LogP contribution in [0.25, 0.3) is 0 Å². The average molecular weight is 204 g/mol. The predicted molar refractivity (Wildman–Crippen MR) is 44.4 cm³/mol. The van der Waals surface area contributed by atoms with E-state index in [4.69, 9.17) is 11.5 Å². The van der Waals surface area contributed by atoms with Gasteiger partial charge in [0, 0.05) is 5.69 Å². The maximum absolute atomic E-state index is 12.3. The highest BCUT2D eigenvalue weighted by molar-refractivity contribution is 5.99. The zero-order valence-corrected chi connectivity index (χ0v) is 6.93. The van der Waals surface area contributed by atoms with Crippen LogP contribution < -0.4 is 11.5 Å². The van der Waals surface area contributed by atoms with Gasteiger partial charge in [0.05, 0.1) is 11.1 Å². The van der Waals surface area contributed by atoms with Gasteiger partial charge in [-0.3, -0.25) is 4.79 Å². The van der Waals surface area contributed by atoms with Crippen LogP contribution in [0.2, 0.25) is 0 Å². The highest BCUT2D eigenvalue weighted by Crippen LogP contribution is 2.33. The molecule has 1 amide bonds. The van der Waals surface area contributed by atoms with Gasteiger partial charge in [-0.2, -0.15) is 13.2 Å². The smallest absolute Gasteiger partial charge is 0.398 e. The van der Waals surface area contributed by atoms with Crippen molar-refractivity contribution >= 4 is 11.6 Å². The molecule has 0 unspecified atom stereocenters. The molecule has 4 N–H and O–H groups in total. The standard InChI is InChI=1S/C8H7F3N2O/c9-8(10,11)4-2-1-3-5(12)6(4)7(13)14/h1-3H,12H2,(H2,13,14). The van der Waals surface area contributed by atoms with Gasteiger partial charge < -0.3 is 11.5 Å². The third kappa shape index (κ3) is 1.78. The Labute approximate surface area is 77.5 Å². The van der Waals surface area contributed by atoms with Crippen LogP contribution in [0.15, 0.2) is 18.2 Å². The molecule has 0 bridgehead atoms. The van der Waals surface area contributed by atoms with Crippen molar-refractivity contribution < 1.29 is 18.0 Å². The lowest BCUT2D eigenvalue weighted by molar-refractivity contribution is -0.137. The summed E-state index contributed by atoms with van der Waals surface area (Å²) in [5.74, 6) is -1.18. The molecule has 0 aliphatic rings. The van der Waals surface area contributed by atoms with E-state index in [1.165, 1.54) is 6.07 Å². The molecule has 0 fully saturated rings. The first kappa shape index (κ1) is 10.4. The van der Waals surface area contributed by atoms with Crippen molar-refractivity contribution in [3.63, 3.8) is 0 Å². The quantitative estimate of drug-likeness (QED) is 0.678. The fraction of sp³-hybridized carbons (Fsp3) is 0.125. The van der Waals surface area contributed by atoms with E-state index in [9.17, 15) is 18.0 Å². The summed E-state index contributed by atoms with van der Waals surface area (Å²) in [6, 6.07) is 3.07. The molecule has 3 nitrogen and oxygen atoms in total. The van der Waals surface area contributed by atoms with Crippen molar-refractivity contribution in [1.82, 2.24) is 0 Å². The molecule has 1 aromatic rings. The van der Waals surface area contributed by atoms with Crippen LogP contribution in [0.1, 0.15) is 15.9 Å². The van der Waals surface area contributed by atoms with Crippen molar-refractivity contribution in [3.05, 3.63) is 29.3 Å². The van der Waals surface area contributed by atoms with Gasteiger partial charge in [-0.05, 0) is 12.1 Å². The molecule has 0 spiro atoms. The first-order valence-corrected chi connectivity index (χ1v) is 3.59. The minimum atomic E-state index is -4.63. The van der Waals surface area contributed by atoms with Crippen molar-refractivity contribution in [1.29, 1.82) is 0 Å². The number of nitrogens with two attached hydrogens (primary N) is 2. The summed E-state index contributed by atoms with van der Waals surface area (Å²) in [4.78, 5) is 10.7. The molecular formula is C8H7F3N2O. The Kier molecular flexibility index (Phi) is 2.37. The maximum atomic E-state index is 12.3. The van der Waals surface area contributed by atoms with E-state index in [-0.39, 0.29) is 5.69 Å². The molecular weight excluding hydrogens is 197 g/mol. The van der Waals surface area contributed by atoms with Crippen LogP contribution in [-0.2, 0) is 6.18 Å². The third-order valence-electron chi connectivity index (χ3n) is 1.65. The van der Waals surface area contributed by atoms with E-state index >= 15 is 0 Å². The molecule has 0 radical (unpaired) electrons. The number of anilines is 1. The summed E-state index contributed by atoms with van der Waals surface area (Å²) < 4.78 is 37.0. The number of carbonyl (C=O) groups is 1. The minimum Gasteiger partial charge on any atom is -0.398 e. The number of halogens is 3. The largest absolute Gasteiger partial charge is 0.417 e. The second-order valence-electron chi connectivity index (χ2n) is 2.63. The fourth-order valence-corrected chi connectivity index (χ4v) is 1.08. The van der Waals surface area contributed by atoms with Crippen molar-refractivity contribution in [2.24, 2.45) is 5.73 Å². The Morgan fingerprint density at radius 2 is 1.86 bits per heavy atom. The second-order valence-corrected chi connectivity index (χ2v) is 2.63. The lowest BCUT2D eigenvalue weighted by Gasteiger charge is -2.11. The average Bonchev–Trinajstić information content (AvgIpc) is 2.01. The number of hydrogen-bond acceptors (Lipinski definition) is 2. The van der Waals surface area contributed by atoms with Gasteiger partial charge in [0.1, 0.15) is 0 Å². The topological polar surface area (TPSA) is 69.1 Å². The molecule has 0 heterocycles. The lowest BCUT2D eigenvalue weighted by atomic mass is 10.0. The summed E-state index contributed by atoms with van der Waals surface area (Å²) in [6.07, 6.45) is -4.63. The highest BCUT2D eigenvalue weighted by atomic mass is 19.4. The van der Waals surface area contributed by atoms with Gasteiger partial charge in [-0.1, -0.05) is 6.07 Å². The van der Waals surface area contributed by atoms with Gasteiger partial charge in [0.25, 0.3) is 5.91 Å². The van der Waals surface area contributed by atoms with Gasteiger partial charge in [-0.15, -0.1) is 0 Å². The van der Waals surface area contributed by atoms with Crippen molar-refractivity contribution in [2.45, 2.75) is 6.18 Å². The first-order chi connectivity index (χ1) is 6.34. The summed E-state index contributed by atoms with van der Waals surface area (Å²) in [5.41, 5.74) is 7.95. The number of carbonyl (C=O) groups excluding carboxylic acids is 1. The van der Waals surface area contributed by atoms with Gasteiger partial charge in [0.2, 0.25) is 0 Å². The molecule has 0 atom stereocenters. The maximum Gasteiger partial charge on any atom is 0.417 e. The lowest BCUT2D eigenvalue weighted by Crippen LogP contribution is -2.20. The number of primary amides is 1. The van der Waals surface area contributed by atoms with Crippen LogP contribution in [0, 0.1) is 0 Å². The molecule has 6 heteroatoms. The number of amides is 1. The highest BCUT2D eigenvalue weighted by Gasteiger charge is 2.35. The zero-order chi connectivity index (χ0) is 10.9. The summed E-state index contributed by atoms with van der Waals surface area (Å²) in [5, 5.41) is 0. The van der Waals surface area contributed by atoms with Gasteiger partial charge >= 0.3 is 6.18 Å². The predicted octanol–water partition coefficient (Wildman–Crippen LogP) is 1.39. The van der Waals surface area contributed by atoms with E-state index < -0.39 is 23.2 Å². The molecule has 0 aliphatic carbocycles. The molecule has 1 aromatic carbocycles. The van der Waals surface area contributed by atoms with Crippen LogP contribution in [0.4, 0.5) is 18.9 Å². The van der Waals surface area contributed by atoms with E-state index in [1.807, 2.05) is 0 Å². The number of hydrogen-bond donors (Lipinski definition) is 2. The van der Waals surface area contributed by atoms with Crippen molar-refractivity contribution in [2.75, 3.05) is 5.73 Å². The number of nitrogen functional groups attached to an aromatic ring is 1. The minimum absolute atomic E-state index is 0.271. The number of alkyl halides is 3. The number of rotatable bonds is 1. The molecule has 14 heavy (non-hydrogen) atoms. The normalized spacial score (nSPS) is 11.4. The van der Waals surface area contributed by atoms with Crippen LogP contribution >= 0.6 is 0 Å². The second kappa shape index (κ2) is 3.21. The Morgan fingerprint density at radius 1 is 1.29 bits per heavy atom. The van der Waals surface area contributed by atoms with E-state index in [2.05, 4.69) is 0 Å². The summed E-state index contributed by atoms with van der Waals surface area (Å²) in [7, 11) is 0. The van der Waals surface area contributed by atoms with E-state index in [0.29, 0.717) is 0 Å². The van der Waals surface area contributed by atoms with E-state index in [0.717, 1.165) is 12.1 Å². The van der Waals surface area contributed by atoms with Crippen LogP contribution in [0.3, 0.4) is 0 Å². The summed E-state index contributed by atoms with van der Waals surface area (Å²) in [6.45, 7) is 0. The van der Waals surface area contributed by atoms with Crippen LogP contribution in [0.5, 0.6) is 0 Å².